The molecule has 0 spiro atoms. The van der Waals surface area contributed by atoms with Gasteiger partial charge in [-0.15, -0.1) is 0 Å². The Kier molecular flexibility index (Phi) is 9.12. The molecule has 0 radical (unpaired) electrons. The minimum atomic E-state index is -0.650. The smallest absolute Gasteiger partial charge is 0.408 e. The van der Waals surface area contributed by atoms with Gasteiger partial charge < -0.3 is 25.4 Å². The summed E-state index contributed by atoms with van der Waals surface area (Å²) >= 11 is 0. The Labute approximate surface area is 160 Å². The number of amides is 3. The van der Waals surface area contributed by atoms with Crippen molar-refractivity contribution in [1.29, 1.82) is 0 Å². The summed E-state index contributed by atoms with van der Waals surface area (Å²) in [6.07, 6.45) is 0.305. The lowest BCUT2D eigenvalue weighted by Crippen LogP contribution is -2.42. The molecular formula is C19H29N3O5. The third-order valence-corrected chi connectivity index (χ3v) is 3.34. The van der Waals surface area contributed by atoms with E-state index < -0.39 is 11.7 Å². The van der Waals surface area contributed by atoms with Crippen LogP contribution in [0.2, 0.25) is 0 Å². The highest BCUT2D eigenvalue weighted by atomic mass is 16.6. The first-order chi connectivity index (χ1) is 12.7. The third kappa shape index (κ3) is 10.7. The van der Waals surface area contributed by atoms with Crippen molar-refractivity contribution in [3.63, 3.8) is 0 Å². The van der Waals surface area contributed by atoms with Crippen LogP contribution in [0.5, 0.6) is 5.75 Å². The molecular weight excluding hydrogens is 350 g/mol. The van der Waals surface area contributed by atoms with E-state index in [0.717, 1.165) is 11.3 Å². The molecule has 8 nitrogen and oxygen atoms in total. The first kappa shape index (κ1) is 22.3. The molecule has 0 aromatic heterocycles. The summed E-state index contributed by atoms with van der Waals surface area (Å²) in [7, 11) is 1.60. The van der Waals surface area contributed by atoms with Gasteiger partial charge in [0.05, 0.1) is 13.7 Å². The van der Waals surface area contributed by atoms with Gasteiger partial charge in [-0.25, -0.2) is 4.79 Å². The van der Waals surface area contributed by atoms with Crippen molar-refractivity contribution in [2.75, 3.05) is 26.7 Å². The van der Waals surface area contributed by atoms with E-state index in [-0.39, 0.29) is 24.9 Å². The average Bonchev–Trinajstić information content (AvgIpc) is 2.60. The fraction of sp³-hybridized carbons (Fsp3) is 0.526. The summed E-state index contributed by atoms with van der Waals surface area (Å²) in [5.41, 5.74) is 0.404. The van der Waals surface area contributed by atoms with Crippen molar-refractivity contribution < 1.29 is 23.9 Å². The van der Waals surface area contributed by atoms with Crippen molar-refractivity contribution in [3.05, 3.63) is 29.8 Å². The van der Waals surface area contributed by atoms with E-state index in [0.29, 0.717) is 19.4 Å². The van der Waals surface area contributed by atoms with E-state index in [1.54, 1.807) is 27.9 Å². The van der Waals surface area contributed by atoms with Crippen LogP contribution in [0.1, 0.15) is 32.8 Å². The molecule has 3 N–H and O–H groups in total. The van der Waals surface area contributed by atoms with Crippen LogP contribution in [0.3, 0.4) is 0 Å². The van der Waals surface area contributed by atoms with Gasteiger partial charge in [-0.3, -0.25) is 9.59 Å². The van der Waals surface area contributed by atoms with Crippen molar-refractivity contribution in [1.82, 2.24) is 16.0 Å². The molecule has 0 bridgehead atoms. The zero-order valence-electron chi connectivity index (χ0n) is 16.4. The normalized spacial score (nSPS) is 10.7. The van der Waals surface area contributed by atoms with Gasteiger partial charge >= 0.3 is 6.09 Å². The SMILES string of the molecule is COc1cccc(CCC(=O)NCCNC(=O)CNC(=O)OC(C)(C)C)c1. The molecule has 0 aliphatic heterocycles. The molecule has 150 valence electrons. The zero-order chi connectivity index (χ0) is 20.3. The topological polar surface area (TPSA) is 106 Å². The van der Waals surface area contributed by atoms with Crippen molar-refractivity contribution >= 4 is 17.9 Å². The third-order valence-electron chi connectivity index (χ3n) is 3.34. The molecule has 8 heteroatoms. The minimum absolute atomic E-state index is 0.0982. The van der Waals surface area contributed by atoms with Crippen molar-refractivity contribution in [2.45, 2.75) is 39.2 Å². The first-order valence-electron chi connectivity index (χ1n) is 8.83. The molecule has 27 heavy (non-hydrogen) atoms. The lowest BCUT2D eigenvalue weighted by molar-refractivity contribution is -0.122. The Balaban J connectivity index is 2.13. The summed E-state index contributed by atoms with van der Waals surface area (Å²) in [6, 6.07) is 7.57. The van der Waals surface area contributed by atoms with Gasteiger partial charge in [0.1, 0.15) is 11.4 Å². The van der Waals surface area contributed by atoms with E-state index in [2.05, 4.69) is 16.0 Å². The predicted molar refractivity (Wildman–Crippen MR) is 102 cm³/mol. The van der Waals surface area contributed by atoms with Gasteiger partial charge in [-0.2, -0.15) is 0 Å². The lowest BCUT2D eigenvalue weighted by atomic mass is 10.1. The van der Waals surface area contributed by atoms with Gasteiger partial charge in [-0.05, 0) is 44.9 Å². The Bertz CT molecular complexity index is 640. The molecule has 1 aromatic rings. The maximum atomic E-state index is 11.8. The van der Waals surface area contributed by atoms with Gasteiger partial charge in [0.2, 0.25) is 11.8 Å². The molecule has 1 rings (SSSR count). The number of alkyl carbamates (subject to hydrolysis) is 1. The molecule has 0 heterocycles. The Morgan fingerprint density at radius 3 is 2.30 bits per heavy atom. The van der Waals surface area contributed by atoms with Crippen LogP contribution in [-0.2, 0) is 20.7 Å². The van der Waals surface area contributed by atoms with Gasteiger partial charge in [-0.1, -0.05) is 12.1 Å². The number of carbonyl (C=O) groups is 3. The molecule has 0 aliphatic rings. The number of nitrogens with one attached hydrogen (secondary N) is 3. The molecule has 0 saturated carbocycles. The first-order valence-corrected chi connectivity index (χ1v) is 8.83. The Morgan fingerprint density at radius 1 is 1.00 bits per heavy atom. The highest BCUT2D eigenvalue weighted by molar-refractivity contribution is 5.82. The summed E-state index contributed by atoms with van der Waals surface area (Å²) in [6.45, 7) is 5.63. The summed E-state index contributed by atoms with van der Waals surface area (Å²) in [5.74, 6) is 0.307. The standard InChI is InChI=1S/C19H29N3O5/c1-19(2,3)27-18(25)22-13-17(24)21-11-10-20-16(23)9-8-14-6-5-7-15(12-14)26-4/h5-7,12H,8-11,13H2,1-4H3,(H,20,23)(H,21,24)(H,22,25). The van der Waals surface area contributed by atoms with Crippen LogP contribution in [-0.4, -0.2) is 50.3 Å². The second-order valence-corrected chi connectivity index (χ2v) is 6.91. The van der Waals surface area contributed by atoms with Crippen LogP contribution in [0.4, 0.5) is 4.79 Å². The molecule has 0 aliphatic carbocycles. The van der Waals surface area contributed by atoms with Crippen molar-refractivity contribution in [3.8, 4) is 5.75 Å². The number of hydrogen-bond acceptors (Lipinski definition) is 5. The van der Waals surface area contributed by atoms with Crippen LogP contribution in [0.15, 0.2) is 24.3 Å². The number of hydrogen-bond donors (Lipinski definition) is 3. The molecule has 0 atom stereocenters. The van der Waals surface area contributed by atoms with Crippen LogP contribution in [0, 0.1) is 0 Å². The number of ether oxygens (including phenoxy) is 2. The van der Waals surface area contributed by atoms with Gasteiger partial charge in [0.25, 0.3) is 0 Å². The Hall–Kier alpha value is -2.77. The largest absolute Gasteiger partial charge is 0.497 e. The summed E-state index contributed by atoms with van der Waals surface area (Å²) in [4.78, 5) is 34.9. The number of carbonyl (C=O) groups excluding carboxylic acids is 3. The van der Waals surface area contributed by atoms with Gasteiger partial charge in [0.15, 0.2) is 0 Å². The fourth-order valence-electron chi connectivity index (χ4n) is 2.11. The second-order valence-electron chi connectivity index (χ2n) is 6.91. The monoisotopic (exact) mass is 379 g/mol. The van der Waals surface area contributed by atoms with Crippen LogP contribution < -0.4 is 20.7 Å². The number of aryl methyl sites for hydroxylation is 1. The van der Waals surface area contributed by atoms with E-state index in [4.69, 9.17) is 9.47 Å². The molecule has 3 amide bonds. The second kappa shape index (κ2) is 11.1. The molecule has 0 fully saturated rings. The van der Waals surface area contributed by atoms with Crippen molar-refractivity contribution in [2.24, 2.45) is 0 Å². The molecule has 1 aromatic carbocycles. The highest BCUT2D eigenvalue weighted by Gasteiger charge is 2.16. The quantitative estimate of drug-likeness (QED) is 0.562. The zero-order valence-corrected chi connectivity index (χ0v) is 16.4. The Morgan fingerprint density at radius 2 is 1.67 bits per heavy atom. The van der Waals surface area contributed by atoms with E-state index in [1.165, 1.54) is 0 Å². The van der Waals surface area contributed by atoms with Crippen LogP contribution >= 0.6 is 0 Å². The van der Waals surface area contributed by atoms with E-state index in [1.807, 2.05) is 24.3 Å². The molecule has 0 saturated heterocycles. The number of rotatable bonds is 9. The number of benzene rings is 1. The summed E-state index contributed by atoms with van der Waals surface area (Å²) < 4.78 is 10.2. The van der Waals surface area contributed by atoms with Crippen LogP contribution in [0.25, 0.3) is 0 Å². The van der Waals surface area contributed by atoms with Gasteiger partial charge in [0, 0.05) is 19.5 Å². The summed E-state index contributed by atoms with van der Waals surface area (Å²) in [5, 5.41) is 7.71. The molecule has 0 unspecified atom stereocenters. The maximum absolute atomic E-state index is 11.8. The lowest BCUT2D eigenvalue weighted by Gasteiger charge is -2.19. The predicted octanol–water partition coefficient (Wildman–Crippen LogP) is 1.38. The highest BCUT2D eigenvalue weighted by Crippen LogP contribution is 2.13. The minimum Gasteiger partial charge on any atom is -0.497 e. The van der Waals surface area contributed by atoms with E-state index in [9.17, 15) is 14.4 Å². The maximum Gasteiger partial charge on any atom is 0.408 e. The van der Waals surface area contributed by atoms with E-state index >= 15 is 0 Å². The number of methoxy groups -OCH3 is 1. The fourth-order valence-corrected chi connectivity index (χ4v) is 2.11. The average molecular weight is 379 g/mol.